The molecule has 164 valence electrons. The molecule has 0 aliphatic rings. The van der Waals surface area contributed by atoms with E-state index in [0.717, 1.165) is 16.5 Å². The Morgan fingerprint density at radius 3 is 1.76 bits per heavy atom. The zero-order valence-electron chi connectivity index (χ0n) is 17.0. The minimum atomic E-state index is 0.0899. The molecule has 33 heavy (non-hydrogen) atoms. The highest BCUT2D eigenvalue weighted by molar-refractivity contribution is 7.14. The molecule has 0 saturated carbocycles. The molecule has 5 rings (SSSR count). The van der Waals surface area contributed by atoms with Crippen molar-refractivity contribution in [3.8, 4) is 5.75 Å². The molecule has 1 N–H and O–H groups in total. The van der Waals surface area contributed by atoms with Crippen LogP contribution in [-0.2, 0) is 0 Å². The van der Waals surface area contributed by atoms with E-state index in [4.69, 9.17) is 23.2 Å². The van der Waals surface area contributed by atoms with Crippen LogP contribution in [0.1, 0.15) is 0 Å². The lowest BCUT2D eigenvalue weighted by atomic mass is 10.2. The van der Waals surface area contributed by atoms with Gasteiger partial charge in [0, 0.05) is 23.2 Å². The van der Waals surface area contributed by atoms with Crippen LogP contribution in [0.25, 0.3) is 0 Å². The van der Waals surface area contributed by atoms with Crippen molar-refractivity contribution < 1.29 is 5.11 Å². The third kappa shape index (κ3) is 4.28. The number of hydrogen-bond donors (Lipinski definition) is 1. The molecular formula is C24H16Cl2N4OS2. The first-order chi connectivity index (χ1) is 16.1. The van der Waals surface area contributed by atoms with E-state index in [-0.39, 0.29) is 5.75 Å². The summed E-state index contributed by atoms with van der Waals surface area (Å²) in [5, 5.41) is 17.3. The fraction of sp³-hybridized carbons (Fsp3) is 0. The van der Waals surface area contributed by atoms with Gasteiger partial charge in [-0.2, -0.15) is 0 Å². The van der Waals surface area contributed by atoms with Crippen molar-refractivity contribution in [1.82, 2.24) is 9.97 Å². The minimum absolute atomic E-state index is 0.0899. The molecule has 5 nitrogen and oxygen atoms in total. The van der Waals surface area contributed by atoms with Crippen molar-refractivity contribution in [2.45, 2.75) is 0 Å². The summed E-state index contributed by atoms with van der Waals surface area (Å²) in [6, 6.07) is 20.4. The highest BCUT2D eigenvalue weighted by atomic mass is 35.5. The summed E-state index contributed by atoms with van der Waals surface area (Å²) in [5.41, 5.74) is 2.80. The van der Waals surface area contributed by atoms with Gasteiger partial charge in [0.1, 0.15) is 5.75 Å². The van der Waals surface area contributed by atoms with Crippen molar-refractivity contribution >= 4 is 78.9 Å². The van der Waals surface area contributed by atoms with E-state index < -0.39 is 0 Å². The van der Waals surface area contributed by atoms with Crippen LogP contribution in [0.5, 0.6) is 5.75 Å². The molecule has 0 atom stereocenters. The zero-order valence-corrected chi connectivity index (χ0v) is 20.1. The maximum Gasteiger partial charge on any atom is 0.194 e. The number of nitrogens with zero attached hydrogens (tertiary/aromatic N) is 4. The van der Waals surface area contributed by atoms with Crippen LogP contribution >= 0.6 is 45.9 Å². The molecule has 3 aromatic carbocycles. The summed E-state index contributed by atoms with van der Waals surface area (Å²) in [7, 11) is 0. The fourth-order valence-electron chi connectivity index (χ4n) is 3.44. The molecule has 2 aromatic heterocycles. The average Bonchev–Trinajstić information content (AvgIpc) is 3.54. The van der Waals surface area contributed by atoms with Crippen molar-refractivity contribution in [2.24, 2.45) is 0 Å². The van der Waals surface area contributed by atoms with Gasteiger partial charge in [-0.25, -0.2) is 9.97 Å². The smallest absolute Gasteiger partial charge is 0.194 e. The minimum Gasteiger partial charge on any atom is -0.506 e. The normalized spacial score (nSPS) is 10.8. The number of para-hydroxylation sites is 2. The van der Waals surface area contributed by atoms with E-state index in [9.17, 15) is 5.11 Å². The number of benzene rings is 3. The summed E-state index contributed by atoms with van der Waals surface area (Å²) in [4.78, 5) is 12.8. The Labute approximate surface area is 208 Å². The molecule has 0 bridgehead atoms. The number of phenols is 1. The second-order valence-electron chi connectivity index (χ2n) is 6.88. The summed E-state index contributed by atoms with van der Waals surface area (Å²) in [6.45, 7) is 0. The molecular weight excluding hydrogens is 495 g/mol. The molecule has 5 aromatic rings. The molecule has 2 heterocycles. The molecule has 0 radical (unpaired) electrons. The number of phenolic OH excluding ortho intramolecular Hbond substituents is 1. The van der Waals surface area contributed by atoms with E-state index >= 15 is 0 Å². The highest BCUT2D eigenvalue weighted by Gasteiger charge is 2.24. The second kappa shape index (κ2) is 9.41. The van der Waals surface area contributed by atoms with Crippen LogP contribution < -0.4 is 9.80 Å². The van der Waals surface area contributed by atoms with Crippen LogP contribution in [0.3, 0.4) is 0 Å². The third-order valence-electron chi connectivity index (χ3n) is 4.87. The van der Waals surface area contributed by atoms with Crippen LogP contribution in [0.4, 0.5) is 33.0 Å². The number of halogens is 2. The van der Waals surface area contributed by atoms with Gasteiger partial charge in [0.2, 0.25) is 0 Å². The standard InChI is InChI=1S/C24H16Cl2N4OS2/c25-17-5-1-3-7-19(17)29(23-27-11-13-32-23)16-9-10-22(31)21(15-16)30(24-28-12-14-33-24)20-8-4-2-6-18(20)26/h1-15,31H. The summed E-state index contributed by atoms with van der Waals surface area (Å²) in [5.74, 6) is 0.0899. The molecule has 0 unspecified atom stereocenters. The summed E-state index contributed by atoms with van der Waals surface area (Å²) >= 11 is 16.1. The lowest BCUT2D eigenvalue weighted by Gasteiger charge is -2.27. The fourth-order valence-corrected chi connectivity index (χ4v) is 5.22. The molecule has 0 amide bonds. The lowest BCUT2D eigenvalue weighted by Crippen LogP contribution is -2.13. The van der Waals surface area contributed by atoms with Gasteiger partial charge in [0.05, 0.1) is 32.8 Å². The predicted molar refractivity (Wildman–Crippen MR) is 139 cm³/mol. The number of thiazole rings is 2. The van der Waals surface area contributed by atoms with Gasteiger partial charge in [0.25, 0.3) is 0 Å². The van der Waals surface area contributed by atoms with Gasteiger partial charge in [-0.15, -0.1) is 22.7 Å². The maximum absolute atomic E-state index is 10.9. The molecule has 0 spiro atoms. The van der Waals surface area contributed by atoms with Gasteiger partial charge in [-0.1, -0.05) is 47.5 Å². The Kier molecular flexibility index (Phi) is 6.20. The molecule has 0 aliphatic heterocycles. The van der Waals surface area contributed by atoms with E-state index in [1.54, 1.807) is 18.5 Å². The van der Waals surface area contributed by atoms with Gasteiger partial charge in [-0.3, -0.25) is 9.80 Å². The monoisotopic (exact) mass is 510 g/mol. The van der Waals surface area contributed by atoms with Crippen LogP contribution in [0.2, 0.25) is 10.0 Å². The Hall–Kier alpha value is -3.10. The number of rotatable bonds is 6. The van der Waals surface area contributed by atoms with Crippen molar-refractivity contribution in [3.05, 3.63) is 99.9 Å². The zero-order chi connectivity index (χ0) is 22.8. The predicted octanol–water partition coefficient (Wildman–Crippen LogP) is 8.55. The van der Waals surface area contributed by atoms with Crippen molar-refractivity contribution in [2.75, 3.05) is 9.80 Å². The third-order valence-corrected chi connectivity index (χ3v) is 7.02. The average molecular weight is 511 g/mol. The lowest BCUT2D eigenvalue weighted by molar-refractivity contribution is 0.476. The SMILES string of the molecule is Oc1ccc(N(c2nccs2)c2ccccc2Cl)cc1N(c1nccs1)c1ccccc1Cl. The molecule has 0 fully saturated rings. The molecule has 0 aliphatic carbocycles. The quantitative estimate of drug-likeness (QED) is 0.248. The first kappa shape index (κ1) is 21.7. The Morgan fingerprint density at radius 2 is 1.21 bits per heavy atom. The Morgan fingerprint density at radius 1 is 0.667 bits per heavy atom. The van der Waals surface area contributed by atoms with Crippen LogP contribution in [0, 0.1) is 0 Å². The van der Waals surface area contributed by atoms with Crippen molar-refractivity contribution in [3.63, 3.8) is 0 Å². The van der Waals surface area contributed by atoms with E-state index in [2.05, 4.69) is 9.97 Å². The molecule has 9 heteroatoms. The van der Waals surface area contributed by atoms with E-state index in [1.165, 1.54) is 22.7 Å². The van der Waals surface area contributed by atoms with E-state index in [0.29, 0.717) is 26.6 Å². The van der Waals surface area contributed by atoms with Gasteiger partial charge in [0.15, 0.2) is 10.3 Å². The number of aromatic nitrogens is 2. The topological polar surface area (TPSA) is 52.5 Å². The Bertz CT molecular complexity index is 1380. The number of anilines is 6. The summed E-state index contributed by atoms with van der Waals surface area (Å²) < 4.78 is 0. The second-order valence-corrected chi connectivity index (χ2v) is 9.44. The first-order valence-corrected chi connectivity index (χ1v) is 12.4. The number of hydrogen-bond acceptors (Lipinski definition) is 7. The summed E-state index contributed by atoms with van der Waals surface area (Å²) in [6.07, 6.45) is 3.47. The maximum atomic E-state index is 10.9. The van der Waals surface area contributed by atoms with Crippen LogP contribution in [0.15, 0.2) is 89.9 Å². The van der Waals surface area contributed by atoms with Crippen LogP contribution in [-0.4, -0.2) is 15.1 Å². The largest absolute Gasteiger partial charge is 0.506 e. The van der Waals surface area contributed by atoms with Gasteiger partial charge >= 0.3 is 0 Å². The highest BCUT2D eigenvalue weighted by Crippen LogP contribution is 2.47. The first-order valence-electron chi connectivity index (χ1n) is 9.85. The van der Waals surface area contributed by atoms with Gasteiger partial charge in [-0.05, 0) is 42.5 Å². The van der Waals surface area contributed by atoms with Crippen molar-refractivity contribution in [1.29, 1.82) is 0 Å². The van der Waals surface area contributed by atoms with E-state index in [1.807, 2.05) is 81.2 Å². The molecule has 0 saturated heterocycles. The Balaban J connectivity index is 1.71. The van der Waals surface area contributed by atoms with Gasteiger partial charge < -0.3 is 5.11 Å². The number of aromatic hydroxyl groups is 1.